The van der Waals surface area contributed by atoms with Gasteiger partial charge in [-0.05, 0) is 132 Å². The van der Waals surface area contributed by atoms with Crippen LogP contribution in [-0.4, -0.2) is 23.6 Å². The van der Waals surface area contributed by atoms with Crippen molar-refractivity contribution < 1.29 is 19.2 Å². The lowest BCUT2D eigenvalue weighted by Gasteiger charge is -2.26. The van der Waals surface area contributed by atoms with Crippen LogP contribution >= 0.6 is 68.0 Å². The molecule has 6 nitrogen and oxygen atoms in total. The van der Waals surface area contributed by atoms with Gasteiger partial charge in [0.1, 0.15) is 0 Å². The highest BCUT2D eigenvalue weighted by molar-refractivity contribution is 7.27. The SMILES string of the molecule is CCCCC(CC)CC(CCCC)C(=O)N1C(=O)/C(=C2/C(=O)N(C(=O)C(CCCC)CC(CC)CCCC)c3cc(-c4ccc(-c5ccc(-c6cccs6)s5)s4)ccc32)c2ccc(-c3ccc(-c4ccc(-c5cccs5)s4)s3)cc21. The standard InChI is InChI=1S/C68H74N2O4S6/c1-7-13-19-43(11-5)39-47(21-15-9-3)65(71)69-51-41-45(53-29-31-59(77-53)61-35-33-57(79-61)55-23-17-37-75-55)25-27-49(51)63(67(69)73)64-50-28-26-46(54-30-32-60(78-54)62-36-34-58(80-62)56-24-18-38-76-56)42-52(50)70(68(64)74)66(72)48(22-16-10-4)40-44(12-6)20-14-8-2/h17-18,23-38,41-44,47-48H,7-16,19-22,39-40H2,1-6H3/b64-63+. The molecule has 0 saturated heterocycles. The summed E-state index contributed by atoms with van der Waals surface area (Å²) in [5, 5.41) is 4.21. The van der Waals surface area contributed by atoms with E-state index < -0.39 is 11.8 Å². The molecule has 4 unspecified atom stereocenters. The van der Waals surface area contributed by atoms with E-state index in [1.54, 1.807) is 68.0 Å². The van der Waals surface area contributed by atoms with Gasteiger partial charge in [0.15, 0.2) is 0 Å². The van der Waals surface area contributed by atoms with Gasteiger partial charge in [0, 0.05) is 71.7 Å². The Hall–Kier alpha value is -5.34. The number of carbonyl (C=O) groups excluding carboxylic acids is 4. The lowest BCUT2D eigenvalue weighted by Crippen LogP contribution is -2.40. The van der Waals surface area contributed by atoms with Crippen molar-refractivity contribution in [3.63, 3.8) is 0 Å². The van der Waals surface area contributed by atoms with Crippen LogP contribution < -0.4 is 9.80 Å². The van der Waals surface area contributed by atoms with Gasteiger partial charge in [0.05, 0.1) is 22.5 Å². The summed E-state index contributed by atoms with van der Waals surface area (Å²) < 4.78 is 0. The number of imide groups is 2. The zero-order chi connectivity index (χ0) is 55.9. The zero-order valence-corrected chi connectivity index (χ0v) is 52.0. The molecule has 0 radical (unpaired) electrons. The van der Waals surface area contributed by atoms with Crippen LogP contribution in [0.5, 0.6) is 0 Å². The minimum absolute atomic E-state index is 0.199. The van der Waals surface area contributed by atoms with Crippen LogP contribution in [0.15, 0.2) is 120 Å². The topological polar surface area (TPSA) is 74.8 Å². The van der Waals surface area contributed by atoms with E-state index in [1.807, 2.05) is 36.4 Å². The molecule has 12 heteroatoms. The van der Waals surface area contributed by atoms with Crippen molar-refractivity contribution in [1.29, 1.82) is 0 Å². The molecule has 0 aliphatic carbocycles. The van der Waals surface area contributed by atoms with Crippen LogP contribution in [0.3, 0.4) is 0 Å². The van der Waals surface area contributed by atoms with Crippen LogP contribution in [0, 0.1) is 23.7 Å². The molecule has 10 rings (SSSR count). The van der Waals surface area contributed by atoms with E-state index in [1.165, 1.54) is 39.1 Å². The Morgan fingerprint density at radius 2 is 0.750 bits per heavy atom. The quantitative estimate of drug-likeness (QED) is 0.0506. The number of unbranched alkanes of at least 4 members (excludes halogenated alkanes) is 4. The molecule has 0 bridgehead atoms. The van der Waals surface area contributed by atoms with Crippen molar-refractivity contribution >= 4 is 114 Å². The summed E-state index contributed by atoms with van der Waals surface area (Å²) in [6.45, 7) is 13.2. The van der Waals surface area contributed by atoms with Crippen LogP contribution in [0.2, 0.25) is 0 Å². The van der Waals surface area contributed by atoms with Crippen molar-refractivity contribution in [1.82, 2.24) is 0 Å². The van der Waals surface area contributed by atoms with Crippen molar-refractivity contribution in [2.75, 3.05) is 9.80 Å². The molecular weight excluding hydrogens is 1100 g/mol. The third-order valence-electron chi connectivity index (χ3n) is 16.4. The second kappa shape index (κ2) is 26.7. The molecule has 0 saturated carbocycles. The van der Waals surface area contributed by atoms with Gasteiger partial charge in [0.2, 0.25) is 11.8 Å². The summed E-state index contributed by atoms with van der Waals surface area (Å²) in [6.07, 6.45) is 14.8. The molecule has 4 amide bonds. The molecule has 416 valence electrons. The molecule has 0 fully saturated rings. The largest absolute Gasteiger partial charge is 0.274 e. The molecule has 80 heavy (non-hydrogen) atoms. The van der Waals surface area contributed by atoms with Gasteiger partial charge in [-0.15, -0.1) is 68.0 Å². The Balaban J connectivity index is 1.10. The molecule has 2 aromatic carbocycles. The van der Waals surface area contributed by atoms with Crippen LogP contribution in [0.4, 0.5) is 11.4 Å². The van der Waals surface area contributed by atoms with E-state index in [9.17, 15) is 0 Å². The minimum Gasteiger partial charge on any atom is -0.274 e. The summed E-state index contributed by atoms with van der Waals surface area (Å²) in [4.78, 5) is 77.7. The highest BCUT2D eigenvalue weighted by Gasteiger charge is 2.48. The first kappa shape index (κ1) is 57.9. The van der Waals surface area contributed by atoms with E-state index in [0.29, 0.717) is 60.0 Å². The normalized spacial score (nSPS) is 15.7. The zero-order valence-electron chi connectivity index (χ0n) is 47.1. The Morgan fingerprint density at radius 3 is 1.09 bits per heavy atom. The first-order valence-electron chi connectivity index (χ1n) is 29.4. The summed E-state index contributed by atoms with van der Waals surface area (Å²) in [5.41, 5.74) is 4.32. The molecule has 4 atom stereocenters. The number of thiophene rings is 6. The first-order chi connectivity index (χ1) is 39.1. The predicted molar refractivity (Wildman–Crippen MR) is 346 cm³/mol. The number of fused-ring (bicyclic) bond motifs is 2. The van der Waals surface area contributed by atoms with Gasteiger partial charge >= 0.3 is 0 Å². The van der Waals surface area contributed by atoms with Gasteiger partial charge in [-0.25, -0.2) is 9.80 Å². The average Bonchev–Trinajstić information content (AvgIpc) is 4.44. The Morgan fingerprint density at radius 1 is 0.412 bits per heavy atom. The number of anilines is 2. The molecule has 0 N–H and O–H groups in total. The van der Waals surface area contributed by atoms with Gasteiger partial charge in [-0.1, -0.05) is 155 Å². The number of hydrogen-bond acceptors (Lipinski definition) is 10. The fourth-order valence-corrected chi connectivity index (χ4v) is 17.6. The number of carbonyl (C=O) groups is 4. The highest BCUT2D eigenvalue weighted by Crippen LogP contribution is 2.52. The van der Waals surface area contributed by atoms with Gasteiger partial charge in [-0.3, -0.25) is 19.2 Å². The third kappa shape index (κ3) is 12.2. The lowest BCUT2D eigenvalue weighted by atomic mass is 9.85. The molecule has 6 aromatic heterocycles. The number of hydrogen-bond donors (Lipinski definition) is 0. The first-order valence-corrected chi connectivity index (χ1v) is 34.4. The summed E-state index contributed by atoms with van der Waals surface area (Å²) in [5.74, 6) is -1.42. The summed E-state index contributed by atoms with van der Waals surface area (Å²) in [6, 6.07) is 37.8. The minimum atomic E-state index is -0.488. The van der Waals surface area contributed by atoms with Crippen LogP contribution in [0.25, 0.3) is 71.0 Å². The van der Waals surface area contributed by atoms with Crippen molar-refractivity contribution in [3.05, 3.63) is 131 Å². The maximum absolute atomic E-state index is 15.9. The molecule has 0 spiro atoms. The van der Waals surface area contributed by atoms with E-state index in [2.05, 4.69) is 125 Å². The predicted octanol–water partition coefficient (Wildman–Crippen LogP) is 21.5. The third-order valence-corrected chi connectivity index (χ3v) is 23.3. The van der Waals surface area contributed by atoms with Crippen molar-refractivity contribution in [3.8, 4) is 59.9 Å². The Bertz CT molecular complexity index is 3230. The molecular formula is C68H74N2O4S6. The van der Waals surface area contributed by atoms with Crippen LogP contribution in [0.1, 0.15) is 155 Å². The fourth-order valence-electron chi connectivity index (χ4n) is 11.8. The maximum Gasteiger partial charge on any atom is 0.266 e. The highest BCUT2D eigenvalue weighted by atomic mass is 32.1. The maximum atomic E-state index is 15.9. The second-order valence-electron chi connectivity index (χ2n) is 21.8. The van der Waals surface area contributed by atoms with E-state index in [-0.39, 0.29) is 34.8 Å². The smallest absolute Gasteiger partial charge is 0.266 e. The number of nitrogens with zero attached hydrogens (tertiary/aromatic N) is 2. The van der Waals surface area contributed by atoms with Gasteiger partial charge < -0.3 is 0 Å². The van der Waals surface area contributed by atoms with Crippen molar-refractivity contribution in [2.24, 2.45) is 23.7 Å². The van der Waals surface area contributed by atoms with Crippen LogP contribution in [-0.2, 0) is 19.2 Å². The molecule has 2 aliphatic rings. The summed E-state index contributed by atoms with van der Waals surface area (Å²) in [7, 11) is 0. The van der Waals surface area contributed by atoms with E-state index >= 15 is 19.2 Å². The monoisotopic (exact) mass is 1170 g/mol. The average molecular weight is 1180 g/mol. The van der Waals surface area contributed by atoms with E-state index in [4.69, 9.17) is 0 Å². The lowest BCUT2D eigenvalue weighted by molar-refractivity contribution is -0.129. The summed E-state index contributed by atoms with van der Waals surface area (Å²) >= 11 is 10.4. The number of benzene rings is 2. The second-order valence-corrected chi connectivity index (χ2v) is 28.0. The Kier molecular flexibility index (Phi) is 19.3. The van der Waals surface area contributed by atoms with Gasteiger partial charge in [-0.2, -0.15) is 0 Å². The number of amides is 4. The Labute approximate surface area is 498 Å². The molecule has 8 heterocycles. The molecule has 8 aromatic rings. The van der Waals surface area contributed by atoms with E-state index in [0.717, 1.165) is 108 Å². The number of rotatable bonds is 26. The van der Waals surface area contributed by atoms with Crippen molar-refractivity contribution in [2.45, 2.75) is 144 Å². The van der Waals surface area contributed by atoms with Gasteiger partial charge in [0.25, 0.3) is 11.8 Å². The molecule has 2 aliphatic heterocycles. The fraction of sp³-hybridized carbons (Fsp3) is 0.382.